The van der Waals surface area contributed by atoms with Crippen LogP contribution in [0.4, 0.5) is 5.69 Å². The monoisotopic (exact) mass is 283 g/mol. The summed E-state index contributed by atoms with van der Waals surface area (Å²) in [5.74, 6) is 0.677. The molecule has 21 heavy (non-hydrogen) atoms. The van der Waals surface area contributed by atoms with E-state index < -0.39 is 0 Å². The van der Waals surface area contributed by atoms with Crippen LogP contribution in [0.3, 0.4) is 0 Å². The lowest BCUT2D eigenvalue weighted by atomic mass is 10.1. The van der Waals surface area contributed by atoms with Gasteiger partial charge in [-0.3, -0.25) is 4.79 Å². The molecule has 0 radical (unpaired) electrons. The van der Waals surface area contributed by atoms with E-state index >= 15 is 0 Å². The van der Waals surface area contributed by atoms with Crippen molar-refractivity contribution in [2.75, 3.05) is 12.4 Å². The highest BCUT2D eigenvalue weighted by Crippen LogP contribution is 2.23. The fourth-order valence-corrected chi connectivity index (χ4v) is 1.89. The Morgan fingerprint density at radius 3 is 2.38 bits per heavy atom. The molecule has 1 amide bonds. The van der Waals surface area contributed by atoms with Crippen molar-refractivity contribution in [1.29, 1.82) is 0 Å². The molecular weight excluding hydrogens is 266 g/mol. The van der Waals surface area contributed by atoms with Crippen molar-refractivity contribution in [3.63, 3.8) is 0 Å². The Balaban J connectivity index is 2.13. The van der Waals surface area contributed by atoms with Gasteiger partial charge in [0.2, 0.25) is 5.91 Å². The molecule has 0 saturated heterocycles. The first kappa shape index (κ1) is 14.7. The topological polar surface area (TPSA) is 58.6 Å². The first-order chi connectivity index (χ1) is 10.1. The number of methoxy groups -OCH3 is 1. The highest BCUT2D eigenvalue weighted by Gasteiger charge is 1.98. The Bertz CT molecular complexity index is 660. The van der Waals surface area contributed by atoms with Crippen molar-refractivity contribution in [2.45, 2.75) is 6.92 Å². The fourth-order valence-electron chi connectivity index (χ4n) is 1.89. The van der Waals surface area contributed by atoms with Crippen molar-refractivity contribution in [3.8, 4) is 11.5 Å². The van der Waals surface area contributed by atoms with E-state index in [-0.39, 0.29) is 11.7 Å². The average molecular weight is 283 g/mol. The summed E-state index contributed by atoms with van der Waals surface area (Å²) in [6.45, 7) is 1.48. The number of hydrogen-bond donors (Lipinski definition) is 2. The van der Waals surface area contributed by atoms with Gasteiger partial charge in [0.1, 0.15) is 11.5 Å². The Kier molecular flexibility index (Phi) is 4.61. The Morgan fingerprint density at radius 2 is 1.76 bits per heavy atom. The summed E-state index contributed by atoms with van der Waals surface area (Å²) in [7, 11) is 1.56. The smallest absolute Gasteiger partial charge is 0.221 e. The van der Waals surface area contributed by atoms with Crippen molar-refractivity contribution >= 4 is 23.7 Å². The molecule has 4 nitrogen and oxygen atoms in total. The summed E-state index contributed by atoms with van der Waals surface area (Å²) in [5.41, 5.74) is 2.60. The van der Waals surface area contributed by atoms with E-state index in [0.717, 1.165) is 16.8 Å². The van der Waals surface area contributed by atoms with Gasteiger partial charge in [-0.25, -0.2) is 0 Å². The van der Waals surface area contributed by atoms with Crippen molar-refractivity contribution in [2.24, 2.45) is 0 Å². The molecule has 2 rings (SSSR count). The van der Waals surface area contributed by atoms with Crippen LogP contribution in [0.1, 0.15) is 18.1 Å². The molecule has 0 bridgehead atoms. The lowest BCUT2D eigenvalue weighted by Gasteiger charge is -2.03. The van der Waals surface area contributed by atoms with Crippen LogP contribution >= 0.6 is 0 Å². The second kappa shape index (κ2) is 6.61. The molecule has 0 aliphatic rings. The highest BCUT2D eigenvalue weighted by molar-refractivity contribution is 5.88. The zero-order chi connectivity index (χ0) is 15.2. The zero-order valence-corrected chi connectivity index (χ0v) is 12.0. The summed E-state index contributed by atoms with van der Waals surface area (Å²) in [5, 5.41) is 12.3. The molecular formula is C17H17NO3. The number of ether oxygens (including phenoxy) is 1. The summed E-state index contributed by atoms with van der Waals surface area (Å²) >= 11 is 0. The van der Waals surface area contributed by atoms with Crippen LogP contribution in [-0.4, -0.2) is 18.1 Å². The third-order valence-electron chi connectivity index (χ3n) is 2.85. The highest BCUT2D eigenvalue weighted by atomic mass is 16.5. The molecule has 0 unspecified atom stereocenters. The molecule has 0 aromatic heterocycles. The molecule has 0 spiro atoms. The van der Waals surface area contributed by atoms with Crippen LogP contribution in [0.15, 0.2) is 42.5 Å². The zero-order valence-electron chi connectivity index (χ0n) is 12.0. The Morgan fingerprint density at radius 1 is 1.10 bits per heavy atom. The Hall–Kier alpha value is -2.75. The third-order valence-corrected chi connectivity index (χ3v) is 2.85. The molecule has 108 valence electrons. The van der Waals surface area contributed by atoms with Gasteiger partial charge in [-0.15, -0.1) is 0 Å². The van der Waals surface area contributed by atoms with E-state index in [9.17, 15) is 9.90 Å². The van der Waals surface area contributed by atoms with Gasteiger partial charge in [0.25, 0.3) is 0 Å². The average Bonchev–Trinajstić information content (AvgIpc) is 2.45. The van der Waals surface area contributed by atoms with Gasteiger partial charge in [0, 0.05) is 18.7 Å². The quantitative estimate of drug-likeness (QED) is 0.844. The minimum Gasteiger partial charge on any atom is -0.508 e. The van der Waals surface area contributed by atoms with Crippen LogP contribution in [0.25, 0.3) is 12.2 Å². The molecule has 0 fully saturated rings. The standard InChI is InChI=1S/C17H17NO3/c1-12(19)18-15-7-5-13(6-8-15)3-4-14-9-16(20)11-17(10-14)21-2/h3-11,20H,1-2H3,(H,18,19). The van der Waals surface area contributed by atoms with Gasteiger partial charge >= 0.3 is 0 Å². The number of hydrogen-bond acceptors (Lipinski definition) is 3. The molecule has 0 heterocycles. The summed E-state index contributed by atoms with van der Waals surface area (Å²) in [6, 6.07) is 12.5. The van der Waals surface area contributed by atoms with E-state index in [2.05, 4.69) is 5.32 Å². The molecule has 0 aliphatic carbocycles. The number of phenols is 1. The molecule has 0 atom stereocenters. The molecule has 0 aliphatic heterocycles. The lowest BCUT2D eigenvalue weighted by Crippen LogP contribution is -2.05. The van der Waals surface area contributed by atoms with Crippen molar-refractivity contribution < 1.29 is 14.6 Å². The van der Waals surface area contributed by atoms with Gasteiger partial charge in [0.05, 0.1) is 7.11 Å². The maximum atomic E-state index is 10.9. The molecule has 2 aromatic carbocycles. The van der Waals surface area contributed by atoms with E-state index in [4.69, 9.17) is 4.74 Å². The number of nitrogens with one attached hydrogen (secondary N) is 1. The molecule has 4 heteroatoms. The minimum atomic E-state index is -0.0925. The van der Waals surface area contributed by atoms with Crippen LogP contribution in [-0.2, 0) is 4.79 Å². The maximum Gasteiger partial charge on any atom is 0.221 e. The van der Waals surface area contributed by atoms with E-state index in [1.807, 2.05) is 42.5 Å². The minimum absolute atomic E-state index is 0.0925. The van der Waals surface area contributed by atoms with Gasteiger partial charge in [-0.05, 0) is 35.4 Å². The number of carbonyl (C=O) groups is 1. The normalized spacial score (nSPS) is 10.6. The number of amides is 1. The van der Waals surface area contributed by atoms with Crippen LogP contribution < -0.4 is 10.1 Å². The molecule has 2 N–H and O–H groups in total. The number of benzene rings is 2. The number of anilines is 1. The summed E-state index contributed by atoms with van der Waals surface area (Å²) in [6.07, 6.45) is 3.81. The molecule has 0 saturated carbocycles. The van der Waals surface area contributed by atoms with Gasteiger partial charge in [-0.1, -0.05) is 24.3 Å². The molecule has 2 aromatic rings. The maximum absolute atomic E-state index is 10.9. The van der Waals surface area contributed by atoms with E-state index in [0.29, 0.717) is 5.75 Å². The van der Waals surface area contributed by atoms with Crippen LogP contribution in [0.5, 0.6) is 11.5 Å². The Labute approximate surface area is 123 Å². The number of aromatic hydroxyl groups is 1. The van der Waals surface area contributed by atoms with E-state index in [1.165, 1.54) is 6.92 Å². The van der Waals surface area contributed by atoms with Gasteiger partial charge in [0.15, 0.2) is 0 Å². The van der Waals surface area contributed by atoms with Crippen LogP contribution in [0.2, 0.25) is 0 Å². The number of phenolic OH excluding ortho intramolecular Hbond substituents is 1. The van der Waals surface area contributed by atoms with Crippen molar-refractivity contribution in [1.82, 2.24) is 0 Å². The van der Waals surface area contributed by atoms with Crippen LogP contribution in [0, 0.1) is 0 Å². The predicted octanol–water partition coefficient (Wildman–Crippen LogP) is 3.53. The van der Waals surface area contributed by atoms with Gasteiger partial charge < -0.3 is 15.2 Å². The fraction of sp³-hybridized carbons (Fsp3) is 0.118. The predicted molar refractivity (Wildman–Crippen MR) is 84.3 cm³/mol. The SMILES string of the molecule is COc1cc(O)cc(C=Cc2ccc(NC(C)=O)cc2)c1. The third kappa shape index (κ3) is 4.38. The number of rotatable bonds is 4. The second-order valence-electron chi connectivity index (χ2n) is 4.60. The second-order valence-corrected chi connectivity index (χ2v) is 4.60. The first-order valence-corrected chi connectivity index (χ1v) is 6.50. The summed E-state index contributed by atoms with van der Waals surface area (Å²) in [4.78, 5) is 10.9. The first-order valence-electron chi connectivity index (χ1n) is 6.50. The summed E-state index contributed by atoms with van der Waals surface area (Å²) < 4.78 is 5.11. The van der Waals surface area contributed by atoms with Gasteiger partial charge in [-0.2, -0.15) is 0 Å². The largest absolute Gasteiger partial charge is 0.508 e. The lowest BCUT2D eigenvalue weighted by molar-refractivity contribution is -0.114. The van der Waals surface area contributed by atoms with Crippen molar-refractivity contribution in [3.05, 3.63) is 53.6 Å². The number of carbonyl (C=O) groups excluding carboxylic acids is 1. The van der Waals surface area contributed by atoms with E-state index in [1.54, 1.807) is 19.2 Å².